The molecule has 6 heteroatoms. The first-order valence-corrected chi connectivity index (χ1v) is 7.61. The Morgan fingerprint density at radius 1 is 1.38 bits per heavy atom. The molecule has 122 valence electrons. The van der Waals surface area contributed by atoms with Gasteiger partial charge in [-0.15, -0.1) is 0 Å². The molecule has 21 heavy (non-hydrogen) atoms. The summed E-state index contributed by atoms with van der Waals surface area (Å²) >= 11 is 0. The van der Waals surface area contributed by atoms with Gasteiger partial charge < -0.3 is 20.1 Å². The van der Waals surface area contributed by atoms with Gasteiger partial charge in [0.2, 0.25) is 0 Å². The molecule has 1 rings (SSSR count). The van der Waals surface area contributed by atoms with Crippen molar-refractivity contribution in [1.82, 2.24) is 10.2 Å². The van der Waals surface area contributed by atoms with Crippen molar-refractivity contribution in [2.75, 3.05) is 13.6 Å². The number of nitrogens with zero attached hydrogens (tertiary/aromatic N) is 1. The summed E-state index contributed by atoms with van der Waals surface area (Å²) in [4.78, 5) is 25.2. The molecule has 0 saturated carbocycles. The van der Waals surface area contributed by atoms with E-state index in [4.69, 9.17) is 4.74 Å². The molecule has 1 amide bonds. The largest absolute Gasteiger partial charge is 0.480 e. The average molecular weight is 300 g/mol. The van der Waals surface area contributed by atoms with E-state index in [0.29, 0.717) is 12.5 Å². The Bertz CT molecular complexity index is 365. The van der Waals surface area contributed by atoms with Crippen LogP contribution < -0.4 is 5.32 Å². The van der Waals surface area contributed by atoms with Crippen molar-refractivity contribution in [2.24, 2.45) is 0 Å². The van der Waals surface area contributed by atoms with Crippen LogP contribution in [0.15, 0.2) is 0 Å². The van der Waals surface area contributed by atoms with Crippen molar-refractivity contribution in [3.05, 3.63) is 0 Å². The third-order valence-corrected chi connectivity index (χ3v) is 3.70. The van der Waals surface area contributed by atoms with Gasteiger partial charge in [-0.3, -0.25) is 0 Å². The number of likely N-dealkylation sites (tertiary alicyclic amines) is 1. The van der Waals surface area contributed by atoms with Crippen LogP contribution in [-0.4, -0.2) is 53.3 Å². The minimum atomic E-state index is -1.01. The Labute approximate surface area is 126 Å². The number of alkyl carbamates (subject to hydrolysis) is 1. The molecule has 2 atom stereocenters. The average Bonchev–Trinajstić information content (AvgIpc) is 2.33. The summed E-state index contributed by atoms with van der Waals surface area (Å²) in [6.45, 7) is 6.31. The molecule has 6 nitrogen and oxygen atoms in total. The number of piperidine rings is 1. The van der Waals surface area contributed by atoms with Gasteiger partial charge in [0.25, 0.3) is 0 Å². The molecule has 0 spiro atoms. The highest BCUT2D eigenvalue weighted by atomic mass is 16.6. The van der Waals surface area contributed by atoms with Crippen molar-refractivity contribution in [3.63, 3.8) is 0 Å². The van der Waals surface area contributed by atoms with Gasteiger partial charge in [-0.25, -0.2) is 9.59 Å². The van der Waals surface area contributed by atoms with E-state index in [2.05, 4.69) is 17.3 Å². The second-order valence-electron chi connectivity index (χ2n) is 6.74. The van der Waals surface area contributed by atoms with Gasteiger partial charge >= 0.3 is 12.1 Å². The predicted molar refractivity (Wildman–Crippen MR) is 80.3 cm³/mol. The van der Waals surface area contributed by atoms with E-state index in [1.807, 2.05) is 0 Å². The van der Waals surface area contributed by atoms with Crippen molar-refractivity contribution < 1.29 is 19.4 Å². The molecular weight excluding hydrogens is 272 g/mol. The van der Waals surface area contributed by atoms with Crippen molar-refractivity contribution in [3.8, 4) is 0 Å². The molecule has 0 radical (unpaired) electrons. The SMILES string of the molecule is CN1CCCCC1CCC(NC(=O)OC(C)(C)C)C(=O)O. The number of ether oxygens (including phenoxy) is 1. The van der Waals surface area contributed by atoms with Crippen LogP contribution in [0.2, 0.25) is 0 Å². The van der Waals surface area contributed by atoms with Crippen LogP contribution in [0, 0.1) is 0 Å². The standard InChI is InChI=1S/C15H28N2O4/c1-15(2,3)21-14(20)16-12(13(18)19)9-8-11-7-5-6-10-17(11)4/h11-12H,5-10H2,1-4H3,(H,16,20)(H,18,19). The van der Waals surface area contributed by atoms with E-state index in [-0.39, 0.29) is 0 Å². The van der Waals surface area contributed by atoms with E-state index in [1.165, 1.54) is 12.8 Å². The lowest BCUT2D eigenvalue weighted by Gasteiger charge is -2.33. The number of carboxylic acid groups (broad SMARTS) is 1. The smallest absolute Gasteiger partial charge is 0.408 e. The number of nitrogens with one attached hydrogen (secondary N) is 1. The van der Waals surface area contributed by atoms with Crippen LogP contribution >= 0.6 is 0 Å². The van der Waals surface area contributed by atoms with Crippen LogP contribution in [0.1, 0.15) is 52.9 Å². The lowest BCUT2D eigenvalue weighted by Crippen LogP contribution is -2.45. The molecule has 2 N–H and O–H groups in total. The molecule has 0 aromatic heterocycles. The van der Waals surface area contributed by atoms with Gasteiger partial charge in [-0.1, -0.05) is 6.42 Å². The number of carbonyl (C=O) groups is 2. The normalized spacial score (nSPS) is 21.6. The molecule has 1 saturated heterocycles. The quantitative estimate of drug-likeness (QED) is 0.814. The Hall–Kier alpha value is -1.30. The van der Waals surface area contributed by atoms with Gasteiger partial charge in [-0.2, -0.15) is 0 Å². The van der Waals surface area contributed by atoms with Crippen LogP contribution in [0.5, 0.6) is 0 Å². The molecule has 2 unspecified atom stereocenters. The molecule has 0 bridgehead atoms. The maximum absolute atomic E-state index is 11.7. The number of amides is 1. The molecule has 0 aromatic carbocycles. The number of hydrogen-bond donors (Lipinski definition) is 2. The first kappa shape index (κ1) is 17.8. The minimum absolute atomic E-state index is 0.404. The highest BCUT2D eigenvalue weighted by molar-refractivity contribution is 5.79. The number of rotatable bonds is 5. The summed E-state index contributed by atoms with van der Waals surface area (Å²) < 4.78 is 5.11. The zero-order valence-corrected chi connectivity index (χ0v) is 13.5. The fourth-order valence-corrected chi connectivity index (χ4v) is 2.58. The summed E-state index contributed by atoms with van der Waals surface area (Å²) in [6, 6.07) is -0.490. The summed E-state index contributed by atoms with van der Waals surface area (Å²) in [7, 11) is 2.07. The summed E-state index contributed by atoms with van der Waals surface area (Å²) in [5, 5.41) is 11.7. The maximum Gasteiger partial charge on any atom is 0.408 e. The molecule has 1 heterocycles. The van der Waals surface area contributed by atoms with Gasteiger partial charge in [-0.05, 0) is 60.0 Å². The highest BCUT2D eigenvalue weighted by Crippen LogP contribution is 2.20. The molecule has 1 aliphatic rings. The zero-order chi connectivity index (χ0) is 16.0. The van der Waals surface area contributed by atoms with Crippen LogP contribution in [0.3, 0.4) is 0 Å². The fraction of sp³-hybridized carbons (Fsp3) is 0.867. The predicted octanol–water partition coefficient (Wildman–Crippen LogP) is 2.23. The summed E-state index contributed by atoms with van der Waals surface area (Å²) in [5.74, 6) is -1.01. The van der Waals surface area contributed by atoms with Gasteiger partial charge in [0.05, 0.1) is 0 Å². The summed E-state index contributed by atoms with van der Waals surface area (Å²) in [5.41, 5.74) is -0.628. The van der Waals surface area contributed by atoms with Gasteiger partial charge in [0.1, 0.15) is 11.6 Å². The molecular formula is C15H28N2O4. The van der Waals surface area contributed by atoms with Crippen molar-refractivity contribution in [1.29, 1.82) is 0 Å². The first-order chi connectivity index (χ1) is 9.69. The van der Waals surface area contributed by atoms with Gasteiger partial charge in [0, 0.05) is 6.04 Å². The Kier molecular flexibility index (Phi) is 6.45. The molecule has 0 aliphatic carbocycles. The zero-order valence-electron chi connectivity index (χ0n) is 13.5. The molecule has 0 aromatic rings. The number of aliphatic carboxylic acids is 1. The number of carbonyl (C=O) groups excluding carboxylic acids is 1. The Morgan fingerprint density at radius 2 is 2.05 bits per heavy atom. The van der Waals surface area contributed by atoms with Crippen molar-refractivity contribution >= 4 is 12.1 Å². The Balaban J connectivity index is 2.46. The third kappa shape index (κ3) is 6.80. The third-order valence-electron chi connectivity index (χ3n) is 3.70. The highest BCUT2D eigenvalue weighted by Gasteiger charge is 2.26. The topological polar surface area (TPSA) is 78.9 Å². The number of carboxylic acids is 1. The number of hydrogen-bond acceptors (Lipinski definition) is 4. The monoisotopic (exact) mass is 300 g/mol. The lowest BCUT2D eigenvalue weighted by atomic mass is 9.96. The van der Waals surface area contributed by atoms with E-state index >= 15 is 0 Å². The summed E-state index contributed by atoms with van der Waals surface area (Å²) in [6.07, 6.45) is 3.99. The Morgan fingerprint density at radius 3 is 2.57 bits per heavy atom. The van der Waals surface area contributed by atoms with E-state index in [1.54, 1.807) is 20.8 Å². The fourth-order valence-electron chi connectivity index (χ4n) is 2.58. The lowest BCUT2D eigenvalue weighted by molar-refractivity contribution is -0.139. The molecule has 1 fully saturated rings. The van der Waals surface area contributed by atoms with Gasteiger partial charge in [0.15, 0.2) is 0 Å². The maximum atomic E-state index is 11.7. The minimum Gasteiger partial charge on any atom is -0.480 e. The second kappa shape index (κ2) is 7.64. The van der Waals surface area contributed by atoms with Crippen molar-refractivity contribution in [2.45, 2.75) is 70.6 Å². The second-order valence-corrected chi connectivity index (χ2v) is 6.74. The van der Waals surface area contributed by atoms with E-state index < -0.39 is 23.7 Å². The van der Waals surface area contributed by atoms with Crippen LogP contribution in [-0.2, 0) is 9.53 Å². The van der Waals surface area contributed by atoms with E-state index in [9.17, 15) is 14.7 Å². The van der Waals surface area contributed by atoms with E-state index in [0.717, 1.165) is 19.4 Å². The van der Waals surface area contributed by atoms with Crippen LogP contribution in [0.25, 0.3) is 0 Å². The molecule has 1 aliphatic heterocycles. The van der Waals surface area contributed by atoms with Crippen LogP contribution in [0.4, 0.5) is 4.79 Å². The first-order valence-electron chi connectivity index (χ1n) is 7.61.